The number of Topliss-reactive ketones (excluding diaryl/α,β-unsaturated/α-hetero) is 2. The average Bonchev–Trinajstić information content (AvgIpc) is 2.90. The molecule has 0 saturated heterocycles. The summed E-state index contributed by atoms with van der Waals surface area (Å²) in [6.45, 7) is 0. The molecule has 0 aromatic heterocycles. The van der Waals surface area contributed by atoms with Gasteiger partial charge in [0.1, 0.15) is 22.8 Å². The second-order valence-electron chi connectivity index (χ2n) is 10.6. The zero-order valence-electron chi connectivity index (χ0n) is 22.0. The minimum Gasteiger partial charge on any atom is -0.595 e. The van der Waals surface area contributed by atoms with Crippen LogP contribution < -0.4 is 11.0 Å². The van der Waals surface area contributed by atoms with Gasteiger partial charge in [0, 0.05) is 34.8 Å². The number of phenolic OH excluding ortho intramolecular Hbond substituents is 1. The van der Waals surface area contributed by atoms with Gasteiger partial charge in [-0.25, -0.2) is 5.21 Å². The molecule has 0 heterocycles. The summed E-state index contributed by atoms with van der Waals surface area (Å²) in [7, 11) is 3.06. The van der Waals surface area contributed by atoms with E-state index < -0.39 is 63.3 Å². The number of aliphatic hydroxyl groups excluding tert-OH is 2. The van der Waals surface area contributed by atoms with E-state index in [1.54, 1.807) is 18.2 Å². The first-order chi connectivity index (χ1) is 19.3. The van der Waals surface area contributed by atoms with Gasteiger partial charge in [-0.05, 0) is 62.7 Å². The van der Waals surface area contributed by atoms with Crippen molar-refractivity contribution in [1.82, 2.24) is 4.90 Å². The molecular formula is C29H27N3O9. The van der Waals surface area contributed by atoms with E-state index in [0.29, 0.717) is 16.7 Å². The van der Waals surface area contributed by atoms with Crippen LogP contribution in [0.25, 0.3) is 5.76 Å². The highest BCUT2D eigenvalue weighted by Crippen LogP contribution is 2.52. The van der Waals surface area contributed by atoms with Gasteiger partial charge in [-0.2, -0.15) is 5.23 Å². The third kappa shape index (κ3) is 4.19. The molecule has 1 fully saturated rings. The van der Waals surface area contributed by atoms with E-state index in [0.717, 1.165) is 0 Å². The number of likely N-dealkylation sites (N-methyl/N-ethyl adjacent to an activating group) is 1. The van der Waals surface area contributed by atoms with E-state index in [4.69, 9.17) is 10.9 Å². The molecule has 3 aliphatic rings. The zero-order valence-corrected chi connectivity index (χ0v) is 22.0. The number of aliphatic hydroxyl groups is 3. The second kappa shape index (κ2) is 9.84. The molecule has 3 aliphatic carbocycles. The Labute approximate surface area is 233 Å². The number of aromatic hydroxyl groups is 1. The lowest BCUT2D eigenvalue weighted by Gasteiger charge is -2.50. The molecule has 0 aliphatic heterocycles. The number of rotatable bonds is 3. The van der Waals surface area contributed by atoms with Crippen molar-refractivity contribution in [3.05, 3.63) is 80.8 Å². The normalized spacial score (nSPS) is 26.1. The molecule has 5 atom stereocenters. The van der Waals surface area contributed by atoms with Crippen molar-refractivity contribution < 1.29 is 45.2 Å². The number of phenols is 1. The van der Waals surface area contributed by atoms with Gasteiger partial charge in [0.15, 0.2) is 17.1 Å². The van der Waals surface area contributed by atoms with Crippen molar-refractivity contribution in [3.8, 4) is 17.6 Å². The van der Waals surface area contributed by atoms with Crippen LogP contribution in [0, 0.1) is 28.9 Å². The number of hydrogen-bond acceptors (Lipinski definition) is 10. The molecule has 5 rings (SSSR count). The first-order valence-corrected chi connectivity index (χ1v) is 12.6. The van der Waals surface area contributed by atoms with Crippen LogP contribution in [0.2, 0.25) is 0 Å². The zero-order chi connectivity index (χ0) is 30.0. The van der Waals surface area contributed by atoms with E-state index in [-0.39, 0.29) is 35.4 Å². The third-order valence-corrected chi connectivity index (χ3v) is 8.08. The summed E-state index contributed by atoms with van der Waals surface area (Å²) in [6.07, 6.45) is 0.0653. The van der Waals surface area contributed by atoms with Gasteiger partial charge in [-0.3, -0.25) is 19.3 Å². The number of nitrogens with two attached hydrogens (primary N) is 1. The topological polar surface area (TPSA) is 209 Å². The molecule has 12 nitrogen and oxygen atoms in total. The first kappa shape index (κ1) is 28.0. The Bertz CT molecular complexity index is 1630. The fourth-order valence-electron chi connectivity index (χ4n) is 6.20. The number of carbonyl (C=O) groups is 3. The lowest BCUT2D eigenvalue weighted by atomic mass is 9.57. The number of ketones is 2. The van der Waals surface area contributed by atoms with Crippen molar-refractivity contribution in [3.63, 3.8) is 0 Å². The van der Waals surface area contributed by atoms with Crippen molar-refractivity contribution in [2.45, 2.75) is 24.5 Å². The van der Waals surface area contributed by atoms with Crippen LogP contribution in [0.3, 0.4) is 0 Å². The Morgan fingerprint density at radius 3 is 2.34 bits per heavy atom. The van der Waals surface area contributed by atoms with E-state index in [1.165, 1.54) is 37.2 Å². The Morgan fingerprint density at radius 2 is 1.76 bits per heavy atom. The molecular weight excluding hydrogens is 534 g/mol. The molecule has 2 aromatic rings. The van der Waals surface area contributed by atoms with Crippen molar-refractivity contribution in [2.24, 2.45) is 17.6 Å². The van der Waals surface area contributed by atoms with E-state index in [2.05, 4.69) is 11.8 Å². The number of fused-ring (bicyclic) bond motifs is 3. The lowest BCUT2D eigenvalue weighted by molar-refractivity contribution is -0.991. The summed E-state index contributed by atoms with van der Waals surface area (Å²) in [5, 5.41) is 63.7. The fraction of sp³-hybridized carbons (Fsp3) is 0.276. The number of quaternary nitrogens is 1. The van der Waals surface area contributed by atoms with Crippen molar-refractivity contribution in [1.29, 1.82) is 0 Å². The number of hydrogen-bond donors (Lipinski definition) is 7. The third-order valence-electron chi connectivity index (χ3n) is 8.08. The highest BCUT2D eigenvalue weighted by Gasteiger charge is 2.64. The maximum atomic E-state index is 13.9. The minimum atomic E-state index is -2.71. The highest BCUT2D eigenvalue weighted by molar-refractivity contribution is 6.24. The second-order valence-corrected chi connectivity index (χ2v) is 10.6. The Hall–Kier alpha value is -4.51. The van der Waals surface area contributed by atoms with E-state index in [9.17, 15) is 40.0 Å². The van der Waals surface area contributed by atoms with Crippen LogP contribution in [0.4, 0.5) is 5.69 Å². The lowest BCUT2D eigenvalue weighted by Crippen LogP contribution is -2.99. The number of amides is 1. The molecule has 0 spiro atoms. The largest absolute Gasteiger partial charge is 0.595 e. The van der Waals surface area contributed by atoms with Crippen LogP contribution in [0.15, 0.2) is 53.3 Å². The Balaban J connectivity index is 1.64. The van der Waals surface area contributed by atoms with Crippen LogP contribution >= 0.6 is 0 Å². The SMILES string of the molecule is CN(C)[C@@H]1C(=O)C(C(N)=O)=C(O)[C@@]2(O)C(=O)C3=C(O)c4c(O)ccc(C#Cc5ccc([NH+]([O-])O)cc5)c4CC3CC12. The molecule has 41 heavy (non-hydrogen) atoms. The summed E-state index contributed by atoms with van der Waals surface area (Å²) in [5.74, 6) is -1.31. The number of benzene rings is 2. The molecule has 1 amide bonds. The molecule has 8 N–H and O–H groups in total. The molecule has 12 heteroatoms. The van der Waals surface area contributed by atoms with Crippen LogP contribution in [0.1, 0.15) is 28.7 Å². The molecule has 0 bridgehead atoms. The molecule has 1 saturated carbocycles. The van der Waals surface area contributed by atoms with Crippen molar-refractivity contribution in [2.75, 3.05) is 14.1 Å². The van der Waals surface area contributed by atoms with E-state index >= 15 is 0 Å². The van der Waals surface area contributed by atoms with Gasteiger partial charge in [-0.1, -0.05) is 11.8 Å². The maximum Gasteiger partial charge on any atom is 0.255 e. The van der Waals surface area contributed by atoms with Gasteiger partial charge < -0.3 is 31.4 Å². The molecule has 2 aromatic carbocycles. The maximum absolute atomic E-state index is 13.9. The number of nitrogens with zero attached hydrogens (tertiary/aromatic N) is 1. The smallest absolute Gasteiger partial charge is 0.255 e. The monoisotopic (exact) mass is 561 g/mol. The van der Waals surface area contributed by atoms with Gasteiger partial charge in [0.2, 0.25) is 5.78 Å². The van der Waals surface area contributed by atoms with Crippen LogP contribution in [-0.4, -0.2) is 73.7 Å². The quantitative estimate of drug-likeness (QED) is 0.149. The molecule has 0 radical (unpaired) electrons. The highest BCUT2D eigenvalue weighted by atomic mass is 16.8. The van der Waals surface area contributed by atoms with Crippen LogP contribution in [0.5, 0.6) is 5.75 Å². The number of nitrogens with one attached hydrogen (secondary N) is 1. The summed E-state index contributed by atoms with van der Waals surface area (Å²) >= 11 is 0. The predicted molar refractivity (Wildman–Crippen MR) is 142 cm³/mol. The van der Waals surface area contributed by atoms with Gasteiger partial charge in [0.25, 0.3) is 5.91 Å². The number of carbonyl (C=O) groups excluding carboxylic acids is 3. The number of primary amides is 1. The van der Waals surface area contributed by atoms with Gasteiger partial charge in [-0.15, -0.1) is 0 Å². The standard InChI is InChI=1S/C29H27N3O9/c1-31(2)23-18-12-15-11-17-14(6-3-13-4-8-16(9-5-13)32(40)41)7-10-19(33)21(17)24(34)20(15)26(36)29(18,39)27(37)22(25(23)35)28(30)38/h4-5,7-10,15,18,23,32-34,37,39-40H,11-12H2,1-2H3,(H2,30,38)/t15?,18?,23-,29-/m0/s1. The van der Waals surface area contributed by atoms with Crippen LogP contribution in [-0.2, 0) is 20.8 Å². The summed E-state index contributed by atoms with van der Waals surface area (Å²) < 4.78 is 0. The fourth-order valence-corrected chi connectivity index (χ4v) is 6.20. The van der Waals surface area contributed by atoms with E-state index in [1.807, 2.05) is 0 Å². The Morgan fingerprint density at radius 1 is 1.10 bits per heavy atom. The van der Waals surface area contributed by atoms with Crippen molar-refractivity contribution >= 4 is 28.9 Å². The first-order valence-electron chi connectivity index (χ1n) is 12.6. The Kier molecular flexibility index (Phi) is 6.73. The summed E-state index contributed by atoms with van der Waals surface area (Å²) in [5.41, 5.74) is 2.93. The molecule has 3 unspecified atom stereocenters. The average molecular weight is 562 g/mol. The molecule has 212 valence electrons. The van der Waals surface area contributed by atoms with Gasteiger partial charge in [0.05, 0.1) is 11.6 Å². The summed E-state index contributed by atoms with van der Waals surface area (Å²) in [4.78, 5) is 40.6. The predicted octanol–water partition coefficient (Wildman–Crippen LogP) is -0.233. The summed E-state index contributed by atoms with van der Waals surface area (Å²) in [6, 6.07) is 7.57. The minimum absolute atomic E-state index is 0.0368. The van der Waals surface area contributed by atoms with Gasteiger partial charge >= 0.3 is 0 Å².